The zero-order valence-electron chi connectivity index (χ0n) is 14.6. The molecule has 0 aliphatic heterocycles. The summed E-state index contributed by atoms with van der Waals surface area (Å²) in [5, 5.41) is 18.4. The van der Waals surface area contributed by atoms with E-state index in [0.29, 0.717) is 34.2 Å². The highest BCUT2D eigenvalue weighted by atomic mass is 16.5. The van der Waals surface area contributed by atoms with Gasteiger partial charge in [-0.1, -0.05) is 18.9 Å². The average molecular weight is 362 g/mol. The van der Waals surface area contributed by atoms with Crippen LogP contribution in [0.4, 0.5) is 0 Å². The van der Waals surface area contributed by atoms with Crippen molar-refractivity contribution in [1.29, 1.82) is 5.26 Å². The first-order valence-electron chi connectivity index (χ1n) is 8.93. The summed E-state index contributed by atoms with van der Waals surface area (Å²) in [5.74, 6) is 0.366. The molecule has 0 amide bonds. The molecule has 6 nitrogen and oxygen atoms in total. The average Bonchev–Trinajstić information content (AvgIpc) is 3.34. The Kier molecular flexibility index (Phi) is 4.51. The lowest BCUT2D eigenvalue weighted by atomic mass is 9.96. The maximum atomic E-state index is 11.1. The van der Waals surface area contributed by atoms with Crippen LogP contribution < -0.4 is 4.74 Å². The predicted molar refractivity (Wildman–Crippen MR) is 97.7 cm³/mol. The molecule has 1 aliphatic rings. The van der Waals surface area contributed by atoms with Gasteiger partial charge in [-0.3, -0.25) is 0 Å². The van der Waals surface area contributed by atoms with E-state index in [0.717, 1.165) is 0 Å². The van der Waals surface area contributed by atoms with Crippen molar-refractivity contribution in [3.63, 3.8) is 0 Å². The smallest absolute Gasteiger partial charge is 0.335 e. The molecule has 0 atom stereocenters. The molecule has 1 aromatic heterocycles. The van der Waals surface area contributed by atoms with Gasteiger partial charge in [-0.25, -0.2) is 9.78 Å². The number of carbonyl (C=O) groups is 1. The number of ether oxygens (including phenoxy) is 1. The van der Waals surface area contributed by atoms with Crippen LogP contribution in [0, 0.1) is 11.3 Å². The maximum Gasteiger partial charge on any atom is 0.335 e. The minimum Gasteiger partial charge on any atom is -0.482 e. The number of oxazole rings is 1. The van der Waals surface area contributed by atoms with Gasteiger partial charge < -0.3 is 14.3 Å². The first-order chi connectivity index (χ1) is 13.1. The second kappa shape index (κ2) is 7.12. The molecule has 6 heteroatoms. The molecular formula is C21H18N2O4. The molecule has 136 valence electrons. The Morgan fingerprint density at radius 2 is 2.07 bits per heavy atom. The Hall–Kier alpha value is -3.33. The molecule has 1 saturated carbocycles. The van der Waals surface area contributed by atoms with Gasteiger partial charge in [0.1, 0.15) is 17.3 Å². The van der Waals surface area contributed by atoms with Gasteiger partial charge in [-0.15, -0.1) is 0 Å². The third-order valence-corrected chi connectivity index (χ3v) is 4.98. The predicted octanol–water partition coefficient (Wildman–Crippen LogP) is 4.63. The van der Waals surface area contributed by atoms with Crippen LogP contribution in [0.3, 0.4) is 0 Å². The fourth-order valence-electron chi connectivity index (χ4n) is 3.57. The van der Waals surface area contributed by atoms with Gasteiger partial charge in [0, 0.05) is 0 Å². The summed E-state index contributed by atoms with van der Waals surface area (Å²) in [5.41, 5.74) is 2.78. The van der Waals surface area contributed by atoms with Gasteiger partial charge >= 0.3 is 5.97 Å². The third kappa shape index (κ3) is 3.49. The first kappa shape index (κ1) is 17.1. The van der Waals surface area contributed by atoms with Crippen molar-refractivity contribution in [3.8, 4) is 11.8 Å². The largest absolute Gasteiger partial charge is 0.482 e. The van der Waals surface area contributed by atoms with Crippen molar-refractivity contribution in [1.82, 2.24) is 4.98 Å². The molecule has 1 heterocycles. The zero-order valence-corrected chi connectivity index (χ0v) is 14.6. The van der Waals surface area contributed by atoms with E-state index in [-0.39, 0.29) is 12.2 Å². The number of carboxylic acid groups (broad SMARTS) is 1. The number of hydrogen-bond acceptors (Lipinski definition) is 5. The number of rotatable bonds is 5. The topological polar surface area (TPSA) is 96.3 Å². The van der Waals surface area contributed by atoms with Crippen molar-refractivity contribution >= 4 is 17.1 Å². The maximum absolute atomic E-state index is 11.1. The molecule has 0 unspecified atom stereocenters. The Balaban J connectivity index is 1.55. The van der Waals surface area contributed by atoms with Gasteiger partial charge in [0.2, 0.25) is 5.89 Å². The molecule has 27 heavy (non-hydrogen) atoms. The second-order valence-electron chi connectivity index (χ2n) is 6.73. The van der Waals surface area contributed by atoms with E-state index in [1.54, 1.807) is 12.1 Å². The van der Waals surface area contributed by atoms with Gasteiger partial charge in [0.25, 0.3) is 0 Å². The minimum absolute atomic E-state index is 0.0693. The molecule has 2 aromatic carbocycles. The number of aromatic carboxylic acids is 1. The normalized spacial score (nSPS) is 14.3. The van der Waals surface area contributed by atoms with Crippen molar-refractivity contribution in [2.75, 3.05) is 0 Å². The SMILES string of the molecule is N#Cc1ccc(C2CCCC2)cc1OCc1nc2ccc(C(=O)O)cc2o1. The summed E-state index contributed by atoms with van der Waals surface area (Å²) >= 11 is 0. The number of benzene rings is 2. The van der Waals surface area contributed by atoms with Crippen LogP contribution >= 0.6 is 0 Å². The van der Waals surface area contributed by atoms with Gasteiger partial charge in [-0.05, 0) is 54.7 Å². The van der Waals surface area contributed by atoms with Gasteiger partial charge in [0.15, 0.2) is 12.2 Å². The van der Waals surface area contributed by atoms with E-state index in [9.17, 15) is 10.1 Å². The van der Waals surface area contributed by atoms with Crippen molar-refractivity contribution in [3.05, 3.63) is 59.0 Å². The fourth-order valence-corrected chi connectivity index (χ4v) is 3.57. The first-order valence-corrected chi connectivity index (χ1v) is 8.93. The highest BCUT2D eigenvalue weighted by Crippen LogP contribution is 2.36. The van der Waals surface area contributed by atoms with Crippen LogP contribution in [0.2, 0.25) is 0 Å². The third-order valence-electron chi connectivity index (χ3n) is 4.98. The quantitative estimate of drug-likeness (QED) is 0.710. The van der Waals surface area contributed by atoms with Crippen molar-refractivity contribution < 1.29 is 19.1 Å². The highest BCUT2D eigenvalue weighted by Gasteiger charge is 2.19. The van der Waals surface area contributed by atoms with E-state index in [4.69, 9.17) is 14.3 Å². The van der Waals surface area contributed by atoms with E-state index in [1.807, 2.05) is 12.1 Å². The molecule has 1 aliphatic carbocycles. The lowest BCUT2D eigenvalue weighted by Gasteiger charge is -2.12. The standard InChI is InChI=1S/C21H18N2O4/c22-11-16-6-5-14(13-3-1-2-4-13)9-18(16)26-12-20-23-17-8-7-15(21(24)25)10-19(17)27-20/h5-10,13H,1-4,12H2,(H,24,25). The summed E-state index contributed by atoms with van der Waals surface area (Å²) in [6, 6.07) is 12.4. The Bertz CT molecular complexity index is 1040. The fraction of sp³-hybridized carbons (Fsp3) is 0.286. The summed E-state index contributed by atoms with van der Waals surface area (Å²) in [6.45, 7) is 0.0693. The highest BCUT2D eigenvalue weighted by molar-refractivity contribution is 5.91. The summed E-state index contributed by atoms with van der Waals surface area (Å²) in [7, 11) is 0. The number of fused-ring (bicyclic) bond motifs is 1. The number of hydrogen-bond donors (Lipinski definition) is 1. The molecule has 1 fully saturated rings. The van der Waals surface area contributed by atoms with Crippen LogP contribution in [0.1, 0.15) is 59.0 Å². The Morgan fingerprint density at radius 1 is 1.26 bits per heavy atom. The number of nitriles is 1. The van der Waals surface area contributed by atoms with Gasteiger partial charge in [-0.2, -0.15) is 5.26 Å². The lowest BCUT2D eigenvalue weighted by molar-refractivity contribution is 0.0697. The van der Waals surface area contributed by atoms with Crippen LogP contribution in [-0.2, 0) is 6.61 Å². The van der Waals surface area contributed by atoms with Crippen LogP contribution in [-0.4, -0.2) is 16.1 Å². The molecule has 3 aromatic rings. The summed E-state index contributed by atoms with van der Waals surface area (Å²) in [6.07, 6.45) is 4.81. The molecule has 0 radical (unpaired) electrons. The van der Waals surface area contributed by atoms with Crippen molar-refractivity contribution in [2.24, 2.45) is 0 Å². The number of aromatic nitrogens is 1. The minimum atomic E-state index is -1.02. The Labute approximate surface area is 156 Å². The van der Waals surface area contributed by atoms with Crippen LogP contribution in [0.5, 0.6) is 5.75 Å². The molecule has 0 saturated heterocycles. The van der Waals surface area contributed by atoms with Crippen LogP contribution in [0.25, 0.3) is 11.1 Å². The number of carboxylic acids is 1. The molecule has 4 rings (SSSR count). The molecule has 1 N–H and O–H groups in total. The molecule has 0 bridgehead atoms. The van der Waals surface area contributed by atoms with E-state index in [2.05, 4.69) is 11.1 Å². The molecule has 0 spiro atoms. The second-order valence-corrected chi connectivity index (χ2v) is 6.73. The van der Waals surface area contributed by atoms with E-state index >= 15 is 0 Å². The summed E-state index contributed by atoms with van der Waals surface area (Å²) < 4.78 is 11.4. The number of nitrogens with zero attached hydrogens (tertiary/aromatic N) is 2. The zero-order chi connectivity index (χ0) is 18.8. The monoisotopic (exact) mass is 362 g/mol. The van der Waals surface area contributed by atoms with E-state index in [1.165, 1.54) is 43.4 Å². The van der Waals surface area contributed by atoms with Gasteiger partial charge in [0.05, 0.1) is 11.1 Å². The van der Waals surface area contributed by atoms with E-state index < -0.39 is 5.97 Å². The van der Waals surface area contributed by atoms with Crippen molar-refractivity contribution in [2.45, 2.75) is 38.2 Å². The Morgan fingerprint density at radius 3 is 2.81 bits per heavy atom. The lowest BCUT2D eigenvalue weighted by Crippen LogP contribution is -2.00. The molecular weight excluding hydrogens is 344 g/mol. The summed E-state index contributed by atoms with van der Waals surface area (Å²) in [4.78, 5) is 15.4. The van der Waals surface area contributed by atoms with Crippen LogP contribution in [0.15, 0.2) is 40.8 Å².